The third-order valence-electron chi connectivity index (χ3n) is 1.55. The lowest BCUT2D eigenvalue weighted by atomic mass is 10.1. The molecule has 0 saturated carbocycles. The molecule has 0 unspecified atom stereocenters. The maximum absolute atomic E-state index is 10.4. The van der Waals surface area contributed by atoms with Crippen molar-refractivity contribution < 1.29 is 19.8 Å². The first-order valence-electron chi connectivity index (χ1n) is 4.04. The molecule has 0 heterocycles. The van der Waals surface area contributed by atoms with Crippen LogP contribution in [0.25, 0.3) is 0 Å². The largest absolute Gasteiger partial charge is 0.481 e. The second-order valence-corrected chi connectivity index (χ2v) is 2.95. The maximum Gasteiger partial charge on any atom is 0.338 e. The van der Waals surface area contributed by atoms with Crippen molar-refractivity contribution in [2.75, 3.05) is 0 Å². The number of aliphatic carboxylic acids is 2. The summed E-state index contributed by atoms with van der Waals surface area (Å²) in [5, 5.41) is 16.8. The van der Waals surface area contributed by atoms with E-state index in [4.69, 9.17) is 21.7 Å². The number of hydrogen-bond donors (Lipinski definition) is 4. The molecule has 0 aliphatic rings. The molecule has 80 valence electrons. The molecule has 0 aromatic rings. The molecule has 0 radical (unpaired) electrons. The van der Waals surface area contributed by atoms with Crippen LogP contribution in [0.2, 0.25) is 0 Å². The van der Waals surface area contributed by atoms with Crippen molar-refractivity contribution in [1.29, 1.82) is 0 Å². The highest BCUT2D eigenvalue weighted by Gasteiger charge is 2.26. The Hall–Kier alpha value is -1.40. The van der Waals surface area contributed by atoms with Gasteiger partial charge in [0, 0.05) is 12.8 Å². The second-order valence-electron chi connectivity index (χ2n) is 2.95. The van der Waals surface area contributed by atoms with Gasteiger partial charge in [0.2, 0.25) is 0 Å². The molecule has 0 amide bonds. The Bertz CT molecular complexity index is 248. The Labute approximate surface area is 81.2 Å². The van der Waals surface area contributed by atoms with Gasteiger partial charge in [0.15, 0.2) is 5.66 Å². The van der Waals surface area contributed by atoms with E-state index < -0.39 is 17.6 Å². The lowest BCUT2D eigenvalue weighted by Gasteiger charge is -2.15. The molecule has 0 fully saturated rings. The maximum atomic E-state index is 10.4. The molecular formula is C8H14N2O4. The van der Waals surface area contributed by atoms with Gasteiger partial charge < -0.3 is 21.7 Å². The summed E-state index contributed by atoms with van der Waals surface area (Å²) in [7, 11) is 0. The lowest BCUT2D eigenvalue weighted by Crippen LogP contribution is -2.55. The summed E-state index contributed by atoms with van der Waals surface area (Å²) in [5.74, 6) is -2.19. The second kappa shape index (κ2) is 5.36. The summed E-state index contributed by atoms with van der Waals surface area (Å²) >= 11 is 0. The smallest absolute Gasteiger partial charge is 0.338 e. The van der Waals surface area contributed by atoms with Crippen LogP contribution in [0.3, 0.4) is 0 Å². The van der Waals surface area contributed by atoms with Crippen LogP contribution in [0.1, 0.15) is 19.3 Å². The van der Waals surface area contributed by atoms with Crippen LogP contribution in [0.15, 0.2) is 12.2 Å². The van der Waals surface area contributed by atoms with Crippen molar-refractivity contribution in [3.63, 3.8) is 0 Å². The Balaban J connectivity index is 3.82. The Morgan fingerprint density at radius 2 is 1.79 bits per heavy atom. The Morgan fingerprint density at radius 3 is 2.21 bits per heavy atom. The van der Waals surface area contributed by atoms with E-state index in [9.17, 15) is 9.59 Å². The average Bonchev–Trinajstić information content (AvgIpc) is 2.02. The summed E-state index contributed by atoms with van der Waals surface area (Å²) in [5.41, 5.74) is 8.65. The molecule has 0 aromatic heterocycles. The zero-order chi connectivity index (χ0) is 11.2. The van der Waals surface area contributed by atoms with E-state index in [1.54, 1.807) is 6.08 Å². The first-order chi connectivity index (χ1) is 6.36. The average molecular weight is 202 g/mol. The third kappa shape index (κ3) is 5.28. The fraction of sp³-hybridized carbons (Fsp3) is 0.500. The summed E-state index contributed by atoms with van der Waals surface area (Å²) < 4.78 is 0. The zero-order valence-electron chi connectivity index (χ0n) is 7.64. The van der Waals surface area contributed by atoms with Crippen LogP contribution in [0.4, 0.5) is 0 Å². The van der Waals surface area contributed by atoms with Gasteiger partial charge in [-0.1, -0.05) is 12.2 Å². The van der Waals surface area contributed by atoms with Crippen molar-refractivity contribution in [1.82, 2.24) is 0 Å². The third-order valence-corrected chi connectivity index (χ3v) is 1.55. The molecule has 6 nitrogen and oxygen atoms in total. The first-order valence-corrected chi connectivity index (χ1v) is 4.04. The Morgan fingerprint density at radius 1 is 1.21 bits per heavy atom. The minimum absolute atomic E-state index is 0.00567. The number of carboxylic acid groups (broad SMARTS) is 2. The van der Waals surface area contributed by atoms with E-state index in [1.165, 1.54) is 6.08 Å². The fourth-order valence-corrected chi connectivity index (χ4v) is 0.690. The van der Waals surface area contributed by atoms with Gasteiger partial charge >= 0.3 is 11.9 Å². The van der Waals surface area contributed by atoms with E-state index in [0.29, 0.717) is 6.42 Å². The number of nitrogens with two attached hydrogens (primary N) is 2. The highest BCUT2D eigenvalue weighted by Crippen LogP contribution is 2.01. The summed E-state index contributed by atoms with van der Waals surface area (Å²) in [4.78, 5) is 20.5. The van der Waals surface area contributed by atoms with E-state index in [0.717, 1.165) is 0 Å². The molecule has 6 N–H and O–H groups in total. The van der Waals surface area contributed by atoms with Crippen LogP contribution in [-0.2, 0) is 9.59 Å². The van der Waals surface area contributed by atoms with Gasteiger partial charge in [-0.25, -0.2) is 4.79 Å². The van der Waals surface area contributed by atoms with Gasteiger partial charge in [0.25, 0.3) is 0 Å². The molecule has 0 bridgehead atoms. The van der Waals surface area contributed by atoms with Gasteiger partial charge in [-0.3, -0.25) is 4.79 Å². The minimum Gasteiger partial charge on any atom is -0.481 e. The SMILES string of the molecule is NC(N)(C/C=C\CCC(=O)O)C(=O)O. The number of rotatable bonds is 6. The van der Waals surface area contributed by atoms with Crippen LogP contribution in [0.5, 0.6) is 0 Å². The normalized spacial score (nSPS) is 11.9. The summed E-state index contributed by atoms with van der Waals surface area (Å²) in [6.07, 6.45) is 3.33. The molecule has 0 aliphatic heterocycles. The highest BCUT2D eigenvalue weighted by molar-refractivity contribution is 5.77. The molecule has 0 spiro atoms. The molecule has 0 atom stereocenters. The predicted molar refractivity (Wildman–Crippen MR) is 49.4 cm³/mol. The number of allylic oxidation sites excluding steroid dienone is 1. The molecule has 14 heavy (non-hydrogen) atoms. The van der Waals surface area contributed by atoms with E-state index in [-0.39, 0.29) is 12.8 Å². The highest BCUT2D eigenvalue weighted by atomic mass is 16.4. The zero-order valence-corrected chi connectivity index (χ0v) is 7.64. The first kappa shape index (κ1) is 12.6. The van der Waals surface area contributed by atoms with Crippen molar-refractivity contribution in [2.45, 2.75) is 24.9 Å². The van der Waals surface area contributed by atoms with Crippen LogP contribution in [0, 0.1) is 0 Å². The molecule has 0 aliphatic carbocycles. The number of carboxylic acids is 2. The quantitative estimate of drug-likeness (QED) is 0.339. The summed E-state index contributed by atoms with van der Waals surface area (Å²) in [6.45, 7) is 0. The van der Waals surface area contributed by atoms with E-state index in [1.807, 2.05) is 0 Å². The van der Waals surface area contributed by atoms with E-state index in [2.05, 4.69) is 0 Å². The van der Waals surface area contributed by atoms with Crippen molar-refractivity contribution in [3.8, 4) is 0 Å². The van der Waals surface area contributed by atoms with Gasteiger partial charge in [-0.2, -0.15) is 0 Å². The molecule has 0 aromatic carbocycles. The van der Waals surface area contributed by atoms with Gasteiger partial charge in [0.1, 0.15) is 0 Å². The molecule has 6 heteroatoms. The monoisotopic (exact) mass is 202 g/mol. The molecular weight excluding hydrogens is 188 g/mol. The minimum atomic E-state index is -1.78. The van der Waals surface area contributed by atoms with Crippen LogP contribution in [-0.4, -0.2) is 27.8 Å². The van der Waals surface area contributed by atoms with Gasteiger partial charge in [0.05, 0.1) is 0 Å². The van der Waals surface area contributed by atoms with Crippen LogP contribution < -0.4 is 11.5 Å². The number of hydrogen-bond acceptors (Lipinski definition) is 4. The van der Waals surface area contributed by atoms with Gasteiger partial charge in [-0.05, 0) is 6.42 Å². The van der Waals surface area contributed by atoms with Crippen molar-refractivity contribution in [2.24, 2.45) is 11.5 Å². The summed E-state index contributed by atoms with van der Waals surface area (Å²) in [6, 6.07) is 0. The van der Waals surface area contributed by atoms with Crippen molar-refractivity contribution >= 4 is 11.9 Å². The standard InChI is InChI=1S/C8H14N2O4/c9-8(10,7(13)14)5-3-1-2-4-6(11)12/h1,3H,2,4-5,9-10H2,(H,11,12)(H,13,14)/b3-1-. The molecule has 0 saturated heterocycles. The molecule has 0 rings (SSSR count). The van der Waals surface area contributed by atoms with Crippen LogP contribution >= 0.6 is 0 Å². The fourth-order valence-electron chi connectivity index (χ4n) is 0.690. The Kier molecular flexibility index (Phi) is 4.82. The predicted octanol–water partition coefficient (Wildman–Crippen LogP) is -0.504. The van der Waals surface area contributed by atoms with Crippen molar-refractivity contribution in [3.05, 3.63) is 12.2 Å². The topological polar surface area (TPSA) is 127 Å². The lowest BCUT2D eigenvalue weighted by molar-refractivity contribution is -0.143. The number of carbonyl (C=O) groups is 2. The van der Waals surface area contributed by atoms with E-state index >= 15 is 0 Å². The van der Waals surface area contributed by atoms with Gasteiger partial charge in [-0.15, -0.1) is 0 Å².